The van der Waals surface area contributed by atoms with Crippen molar-refractivity contribution in [1.82, 2.24) is 14.9 Å². The second-order valence-corrected chi connectivity index (χ2v) is 9.66. The van der Waals surface area contributed by atoms with Gasteiger partial charge in [0.05, 0.1) is 18.0 Å². The molecule has 188 valence electrons. The Kier molecular flexibility index (Phi) is 8.87. The van der Waals surface area contributed by atoms with Crippen LogP contribution in [0.15, 0.2) is 59.9 Å². The Labute approximate surface area is 211 Å². The minimum Gasteiger partial charge on any atom is -0.395 e. The Hall–Kier alpha value is -2.96. The molecule has 1 saturated heterocycles. The van der Waals surface area contributed by atoms with Crippen LogP contribution in [-0.2, 0) is 10.0 Å². The SMILES string of the molecule is Cc1cncnc1Nc1cccc(S(N)(=O)=O)c1Nc1ccc(N2CCN(CCO)CC2)cc1.Cl. The van der Waals surface area contributed by atoms with E-state index >= 15 is 0 Å². The van der Waals surface area contributed by atoms with Crippen LogP contribution in [0.3, 0.4) is 0 Å². The van der Waals surface area contributed by atoms with Crippen LogP contribution in [0.4, 0.5) is 28.6 Å². The van der Waals surface area contributed by atoms with Gasteiger partial charge in [0.25, 0.3) is 0 Å². The van der Waals surface area contributed by atoms with Gasteiger partial charge in [-0.3, -0.25) is 4.90 Å². The van der Waals surface area contributed by atoms with Gasteiger partial charge in [-0.2, -0.15) is 0 Å². The van der Waals surface area contributed by atoms with Crippen molar-refractivity contribution < 1.29 is 13.5 Å². The summed E-state index contributed by atoms with van der Waals surface area (Å²) >= 11 is 0. The summed E-state index contributed by atoms with van der Waals surface area (Å²) in [5, 5.41) is 21.0. The monoisotopic (exact) mass is 519 g/mol. The molecule has 35 heavy (non-hydrogen) atoms. The van der Waals surface area contributed by atoms with Crippen molar-refractivity contribution in [3.8, 4) is 0 Å². The van der Waals surface area contributed by atoms with Crippen molar-refractivity contribution in [3.05, 3.63) is 60.6 Å². The van der Waals surface area contributed by atoms with Crippen molar-refractivity contribution in [2.75, 3.05) is 54.9 Å². The first-order valence-electron chi connectivity index (χ1n) is 11.0. The van der Waals surface area contributed by atoms with Crippen LogP contribution in [0.2, 0.25) is 0 Å². The van der Waals surface area contributed by atoms with Gasteiger partial charge in [0.15, 0.2) is 0 Å². The standard InChI is InChI=1S/C23H29N7O3S.ClH/c1-17-15-25-16-26-23(17)28-20-3-2-4-21(34(24,32)33)22(20)27-18-5-7-19(8-6-18)30-11-9-29(10-12-30)13-14-31;/h2-8,15-16,27,31H,9-14H2,1H3,(H2,24,32,33)(H,25,26,28);1H. The maximum Gasteiger partial charge on any atom is 0.240 e. The number of hydrogen-bond acceptors (Lipinski definition) is 9. The van der Waals surface area contributed by atoms with E-state index in [4.69, 9.17) is 10.2 Å². The van der Waals surface area contributed by atoms with E-state index in [1.54, 1.807) is 18.3 Å². The largest absolute Gasteiger partial charge is 0.395 e. The van der Waals surface area contributed by atoms with Crippen molar-refractivity contribution >= 4 is 51.0 Å². The van der Waals surface area contributed by atoms with Gasteiger partial charge < -0.3 is 20.6 Å². The highest BCUT2D eigenvalue weighted by molar-refractivity contribution is 7.89. The average molecular weight is 520 g/mol. The summed E-state index contributed by atoms with van der Waals surface area (Å²) in [6, 6.07) is 12.7. The highest BCUT2D eigenvalue weighted by Gasteiger charge is 2.19. The maximum atomic E-state index is 12.3. The van der Waals surface area contributed by atoms with Crippen LogP contribution in [-0.4, -0.2) is 67.7 Å². The Morgan fingerprint density at radius 1 is 1.06 bits per heavy atom. The number of primary sulfonamides is 1. The number of aryl methyl sites for hydroxylation is 1. The van der Waals surface area contributed by atoms with Crippen LogP contribution in [0, 0.1) is 6.92 Å². The van der Waals surface area contributed by atoms with Crippen LogP contribution in [0.5, 0.6) is 0 Å². The second-order valence-electron chi connectivity index (χ2n) is 8.13. The molecule has 12 heteroatoms. The summed E-state index contributed by atoms with van der Waals surface area (Å²) in [5.41, 5.74) is 3.49. The number of rotatable bonds is 8. The molecule has 2 heterocycles. The van der Waals surface area contributed by atoms with E-state index in [0.29, 0.717) is 23.7 Å². The van der Waals surface area contributed by atoms with Gasteiger partial charge >= 0.3 is 0 Å². The van der Waals surface area contributed by atoms with E-state index in [1.807, 2.05) is 31.2 Å². The zero-order valence-electron chi connectivity index (χ0n) is 19.4. The molecule has 10 nitrogen and oxygen atoms in total. The van der Waals surface area contributed by atoms with E-state index in [-0.39, 0.29) is 23.9 Å². The second kappa shape index (κ2) is 11.6. The van der Waals surface area contributed by atoms with Crippen LogP contribution >= 0.6 is 12.4 Å². The van der Waals surface area contributed by atoms with E-state index in [9.17, 15) is 8.42 Å². The molecule has 0 bridgehead atoms. The minimum absolute atomic E-state index is 0. The number of anilines is 5. The predicted molar refractivity (Wildman–Crippen MR) is 141 cm³/mol. The molecule has 5 N–H and O–H groups in total. The molecule has 0 unspecified atom stereocenters. The third-order valence-electron chi connectivity index (χ3n) is 5.77. The number of benzene rings is 2. The zero-order valence-corrected chi connectivity index (χ0v) is 21.0. The Morgan fingerprint density at radius 2 is 1.77 bits per heavy atom. The number of sulfonamides is 1. The molecule has 0 spiro atoms. The molecule has 0 amide bonds. The molecular weight excluding hydrogens is 490 g/mol. The van der Waals surface area contributed by atoms with Gasteiger partial charge in [0.2, 0.25) is 10.0 Å². The quantitative estimate of drug-likeness (QED) is 0.353. The van der Waals surface area contributed by atoms with Gasteiger partial charge in [0, 0.05) is 55.9 Å². The Bertz CT molecular complexity index is 1230. The number of nitrogens with two attached hydrogens (primary N) is 1. The fraction of sp³-hybridized carbons (Fsp3) is 0.304. The van der Waals surface area contributed by atoms with Crippen molar-refractivity contribution in [2.24, 2.45) is 5.14 Å². The third-order valence-corrected chi connectivity index (χ3v) is 6.72. The van der Waals surface area contributed by atoms with Crippen molar-refractivity contribution in [3.63, 3.8) is 0 Å². The molecule has 0 radical (unpaired) electrons. The van der Waals surface area contributed by atoms with E-state index in [2.05, 4.69) is 30.4 Å². The summed E-state index contributed by atoms with van der Waals surface area (Å²) in [4.78, 5) is 12.7. The topological polar surface area (TPSA) is 137 Å². The molecule has 0 aliphatic carbocycles. The predicted octanol–water partition coefficient (Wildman–Crippen LogP) is 2.46. The highest BCUT2D eigenvalue weighted by Crippen LogP contribution is 2.34. The summed E-state index contributed by atoms with van der Waals surface area (Å²) in [7, 11) is -3.98. The normalized spacial score (nSPS) is 14.3. The number of β-amino-alcohol motifs (C(OH)–C–C–N with tert-alkyl or cyclic N) is 1. The number of nitrogens with zero attached hydrogens (tertiary/aromatic N) is 4. The number of hydrogen-bond donors (Lipinski definition) is 4. The van der Waals surface area contributed by atoms with Crippen molar-refractivity contribution in [1.29, 1.82) is 0 Å². The Morgan fingerprint density at radius 3 is 2.40 bits per heavy atom. The van der Waals surface area contributed by atoms with Crippen molar-refractivity contribution in [2.45, 2.75) is 11.8 Å². The molecule has 1 aromatic heterocycles. The minimum atomic E-state index is -3.98. The third kappa shape index (κ3) is 6.59. The fourth-order valence-electron chi connectivity index (χ4n) is 3.93. The lowest BCUT2D eigenvalue weighted by Gasteiger charge is -2.35. The molecule has 0 saturated carbocycles. The number of halogens is 1. The van der Waals surface area contributed by atoms with Gasteiger partial charge in [-0.25, -0.2) is 23.5 Å². The van der Waals surface area contributed by atoms with Gasteiger partial charge in [0.1, 0.15) is 17.0 Å². The zero-order chi connectivity index (χ0) is 24.1. The van der Waals surface area contributed by atoms with Gasteiger partial charge in [-0.1, -0.05) is 6.07 Å². The summed E-state index contributed by atoms with van der Waals surface area (Å²) < 4.78 is 24.6. The fourth-order valence-corrected chi connectivity index (χ4v) is 4.64. The molecular formula is C23H30ClN7O3S. The molecule has 3 aromatic rings. The first kappa shape index (κ1) is 26.6. The summed E-state index contributed by atoms with van der Waals surface area (Å²) in [6.45, 7) is 6.31. The lowest BCUT2D eigenvalue weighted by molar-refractivity contribution is 0.189. The number of para-hydroxylation sites is 1. The number of aromatic nitrogens is 2. The molecule has 1 aliphatic heterocycles. The summed E-state index contributed by atoms with van der Waals surface area (Å²) in [5.74, 6) is 0.570. The average Bonchev–Trinajstić information content (AvgIpc) is 2.82. The number of piperazine rings is 1. The number of nitrogens with one attached hydrogen (secondary N) is 2. The lowest BCUT2D eigenvalue weighted by atomic mass is 10.2. The maximum absolute atomic E-state index is 12.3. The number of aliphatic hydroxyl groups is 1. The highest BCUT2D eigenvalue weighted by atomic mass is 35.5. The molecule has 2 aromatic carbocycles. The molecule has 1 fully saturated rings. The van der Waals surface area contributed by atoms with E-state index in [1.165, 1.54) is 12.4 Å². The first-order valence-corrected chi connectivity index (χ1v) is 12.5. The Balaban J connectivity index is 0.00000342. The lowest BCUT2D eigenvalue weighted by Crippen LogP contribution is -2.47. The van der Waals surface area contributed by atoms with Crippen LogP contribution < -0.4 is 20.7 Å². The van der Waals surface area contributed by atoms with E-state index in [0.717, 1.165) is 43.1 Å². The smallest absolute Gasteiger partial charge is 0.240 e. The summed E-state index contributed by atoms with van der Waals surface area (Å²) in [6.07, 6.45) is 3.10. The van der Waals surface area contributed by atoms with Crippen LogP contribution in [0.1, 0.15) is 5.56 Å². The molecule has 4 rings (SSSR count). The van der Waals surface area contributed by atoms with Crippen LogP contribution in [0.25, 0.3) is 0 Å². The van der Waals surface area contributed by atoms with Gasteiger partial charge in [-0.15, -0.1) is 12.4 Å². The van der Waals surface area contributed by atoms with Gasteiger partial charge in [-0.05, 0) is 43.3 Å². The van der Waals surface area contributed by atoms with E-state index < -0.39 is 10.0 Å². The number of aliphatic hydroxyl groups excluding tert-OH is 1. The molecule has 0 atom stereocenters. The molecule has 1 aliphatic rings. The first-order chi connectivity index (χ1) is 16.3.